The number of nitriles is 1. The molecule has 0 saturated carbocycles. The molecular formula is C41H29FN4O3S2. The van der Waals surface area contributed by atoms with Crippen LogP contribution in [0.3, 0.4) is 0 Å². The van der Waals surface area contributed by atoms with Crippen LogP contribution in [0.5, 0.6) is 0 Å². The van der Waals surface area contributed by atoms with Gasteiger partial charge in [0.1, 0.15) is 27.8 Å². The number of halogens is 1. The molecule has 1 aromatic heterocycles. The Balaban J connectivity index is 1.23. The van der Waals surface area contributed by atoms with Gasteiger partial charge in [-0.05, 0) is 65.2 Å². The lowest BCUT2D eigenvalue weighted by Gasteiger charge is -2.17. The van der Waals surface area contributed by atoms with Gasteiger partial charge in [0.05, 0.1) is 5.56 Å². The summed E-state index contributed by atoms with van der Waals surface area (Å²) in [6.07, 6.45) is 1.47. The maximum absolute atomic E-state index is 13.9. The zero-order valence-corrected chi connectivity index (χ0v) is 28.5. The van der Waals surface area contributed by atoms with Crippen molar-refractivity contribution in [2.45, 2.75) is 10.1 Å². The normalized spacial score (nSPS) is 11.6. The van der Waals surface area contributed by atoms with Gasteiger partial charge in [0.25, 0.3) is 11.8 Å². The van der Waals surface area contributed by atoms with Crippen molar-refractivity contribution in [3.05, 3.63) is 179 Å². The van der Waals surface area contributed by atoms with Crippen LogP contribution in [0.15, 0.2) is 155 Å². The van der Waals surface area contributed by atoms with Gasteiger partial charge in [-0.15, -0.1) is 23.1 Å². The number of thiophene rings is 1. The molecule has 0 fully saturated rings. The number of hydrogen-bond donors (Lipinski definition) is 3. The van der Waals surface area contributed by atoms with Gasteiger partial charge < -0.3 is 16.0 Å². The van der Waals surface area contributed by atoms with Crippen molar-refractivity contribution in [3.8, 4) is 17.2 Å². The number of hydrogen-bond acceptors (Lipinski definition) is 6. The smallest absolute Gasteiger partial charge is 0.272 e. The van der Waals surface area contributed by atoms with Gasteiger partial charge in [-0.2, -0.15) is 5.26 Å². The topological polar surface area (TPSA) is 111 Å². The number of carbonyl (C=O) groups is 3. The summed E-state index contributed by atoms with van der Waals surface area (Å²) in [5, 5.41) is 20.1. The van der Waals surface area contributed by atoms with E-state index in [1.54, 1.807) is 48.5 Å². The predicted octanol–water partition coefficient (Wildman–Crippen LogP) is 9.31. The fourth-order valence-electron chi connectivity index (χ4n) is 5.12. The summed E-state index contributed by atoms with van der Waals surface area (Å²) in [6.45, 7) is 0. The Morgan fingerprint density at radius 3 is 2.14 bits per heavy atom. The average Bonchev–Trinajstić information content (AvgIpc) is 3.57. The number of anilines is 2. The van der Waals surface area contributed by atoms with Crippen LogP contribution < -0.4 is 16.0 Å². The molecule has 0 aliphatic carbocycles. The van der Waals surface area contributed by atoms with Gasteiger partial charge in [-0.3, -0.25) is 14.4 Å². The molecule has 0 aliphatic rings. The quantitative estimate of drug-likeness (QED) is 0.0918. The van der Waals surface area contributed by atoms with Gasteiger partial charge in [0.15, 0.2) is 0 Å². The highest BCUT2D eigenvalue weighted by Gasteiger charge is 2.25. The van der Waals surface area contributed by atoms with Crippen molar-refractivity contribution in [1.82, 2.24) is 5.32 Å². The maximum atomic E-state index is 13.9. The summed E-state index contributed by atoms with van der Waals surface area (Å²) < 4.78 is 13.6. The average molecular weight is 709 g/mol. The van der Waals surface area contributed by atoms with E-state index in [0.717, 1.165) is 16.7 Å². The number of amides is 3. The number of carbonyl (C=O) groups excluding carboxylic acids is 3. The number of thioether (sulfide) groups is 1. The minimum atomic E-state index is -0.704. The first-order valence-corrected chi connectivity index (χ1v) is 17.5. The number of nitrogens with one attached hydrogen (secondary N) is 3. The van der Waals surface area contributed by atoms with Crippen LogP contribution in [-0.2, 0) is 9.59 Å². The number of benzene rings is 5. The first-order chi connectivity index (χ1) is 24.9. The Hall–Kier alpha value is -6.28. The zero-order chi connectivity index (χ0) is 35.6. The molecular weight excluding hydrogens is 680 g/mol. The largest absolute Gasteiger partial charge is 0.321 e. The molecule has 250 valence electrons. The second-order valence-electron chi connectivity index (χ2n) is 11.1. The minimum Gasteiger partial charge on any atom is -0.321 e. The van der Waals surface area contributed by atoms with Crippen molar-refractivity contribution in [2.75, 3.05) is 10.6 Å². The molecule has 1 atom stereocenters. The van der Waals surface area contributed by atoms with E-state index in [1.807, 2.05) is 72.1 Å². The van der Waals surface area contributed by atoms with E-state index < -0.39 is 22.9 Å². The van der Waals surface area contributed by atoms with Crippen molar-refractivity contribution in [3.63, 3.8) is 0 Å². The van der Waals surface area contributed by atoms with E-state index in [2.05, 4.69) is 22.0 Å². The van der Waals surface area contributed by atoms with Crippen LogP contribution in [0.1, 0.15) is 32.3 Å². The second-order valence-corrected chi connectivity index (χ2v) is 13.2. The van der Waals surface area contributed by atoms with Gasteiger partial charge in [0.2, 0.25) is 5.91 Å². The van der Waals surface area contributed by atoms with Crippen LogP contribution in [0, 0.1) is 17.1 Å². The lowest BCUT2D eigenvalue weighted by molar-refractivity contribution is -0.116. The lowest BCUT2D eigenvalue weighted by atomic mass is 10.1. The highest BCUT2D eigenvalue weighted by molar-refractivity contribution is 8.00. The molecule has 6 aromatic rings. The summed E-state index contributed by atoms with van der Waals surface area (Å²) in [4.78, 5) is 41.3. The molecule has 0 radical (unpaired) electrons. The maximum Gasteiger partial charge on any atom is 0.272 e. The van der Waals surface area contributed by atoms with E-state index in [1.165, 1.54) is 53.4 Å². The SMILES string of the molecule is N#Cc1c(-c2ccccc2)csc1NC(=O)C(Sc1cccc(NC(=O)/C(=C\c2ccc(F)cc2)NC(=O)c2ccccc2)c1)c1ccccc1. The Morgan fingerprint density at radius 2 is 1.45 bits per heavy atom. The molecule has 51 heavy (non-hydrogen) atoms. The molecule has 6 rings (SSSR count). The van der Waals surface area contributed by atoms with Gasteiger partial charge >= 0.3 is 0 Å². The molecule has 7 nitrogen and oxygen atoms in total. The molecule has 5 aromatic carbocycles. The third-order valence-corrected chi connectivity index (χ3v) is 9.76. The predicted molar refractivity (Wildman–Crippen MR) is 201 cm³/mol. The highest BCUT2D eigenvalue weighted by atomic mass is 32.2. The third kappa shape index (κ3) is 8.85. The fourth-order valence-corrected chi connectivity index (χ4v) is 7.13. The Kier molecular flexibility index (Phi) is 11.1. The standard InChI is InChI=1S/C41H29FN4O3S2/c42-31-21-19-27(20-22-31)23-36(45-38(47)30-15-8-3-9-16-30)39(48)44-32-17-10-18-33(24-32)51-37(29-13-6-2-7-14-29)40(49)46-41-34(25-43)35(26-50-41)28-11-4-1-5-12-28/h1-24,26,37H,(H,44,48)(H,45,47)(H,46,49)/b36-23+. The van der Waals surface area contributed by atoms with Crippen LogP contribution in [0.4, 0.5) is 15.1 Å². The fraction of sp³-hybridized carbons (Fsp3) is 0.0244. The van der Waals surface area contributed by atoms with Crippen LogP contribution in [0.2, 0.25) is 0 Å². The minimum absolute atomic E-state index is 0.0471. The summed E-state index contributed by atoms with van der Waals surface area (Å²) in [7, 11) is 0. The highest BCUT2D eigenvalue weighted by Crippen LogP contribution is 2.40. The van der Waals surface area contributed by atoms with Crippen molar-refractivity contribution >= 4 is 57.6 Å². The van der Waals surface area contributed by atoms with Gasteiger partial charge in [-0.25, -0.2) is 4.39 Å². The monoisotopic (exact) mass is 708 g/mol. The van der Waals surface area contributed by atoms with E-state index in [-0.39, 0.29) is 11.6 Å². The number of nitrogens with zero attached hydrogens (tertiary/aromatic N) is 1. The summed E-state index contributed by atoms with van der Waals surface area (Å²) in [5.41, 5.74) is 4.03. The first-order valence-electron chi connectivity index (χ1n) is 15.7. The Bertz CT molecular complexity index is 2230. The van der Waals surface area contributed by atoms with Gasteiger partial charge in [0, 0.05) is 27.1 Å². The zero-order valence-electron chi connectivity index (χ0n) is 26.9. The van der Waals surface area contributed by atoms with Crippen LogP contribution in [0.25, 0.3) is 17.2 Å². The molecule has 3 amide bonds. The van der Waals surface area contributed by atoms with Gasteiger partial charge in [-0.1, -0.05) is 97.1 Å². The van der Waals surface area contributed by atoms with Crippen LogP contribution >= 0.6 is 23.1 Å². The third-order valence-electron chi connectivity index (χ3n) is 7.62. The molecule has 1 unspecified atom stereocenters. The number of rotatable bonds is 11. The molecule has 0 bridgehead atoms. The lowest BCUT2D eigenvalue weighted by Crippen LogP contribution is -2.30. The van der Waals surface area contributed by atoms with Crippen molar-refractivity contribution in [1.29, 1.82) is 5.26 Å². The van der Waals surface area contributed by atoms with E-state index >= 15 is 0 Å². The van der Waals surface area contributed by atoms with Crippen molar-refractivity contribution in [2.24, 2.45) is 0 Å². The molecule has 0 spiro atoms. The van der Waals surface area contributed by atoms with E-state index in [0.29, 0.717) is 32.3 Å². The molecule has 10 heteroatoms. The van der Waals surface area contributed by atoms with Crippen molar-refractivity contribution < 1.29 is 18.8 Å². The van der Waals surface area contributed by atoms with E-state index in [9.17, 15) is 24.0 Å². The molecule has 1 heterocycles. The van der Waals surface area contributed by atoms with Crippen LogP contribution in [-0.4, -0.2) is 17.7 Å². The first kappa shape index (κ1) is 34.6. The Morgan fingerprint density at radius 1 is 0.784 bits per heavy atom. The summed E-state index contributed by atoms with van der Waals surface area (Å²) in [6, 6.07) is 42.1. The Labute approximate surface area is 302 Å². The summed E-state index contributed by atoms with van der Waals surface area (Å²) in [5.74, 6) is -1.83. The molecule has 0 aliphatic heterocycles. The second kappa shape index (κ2) is 16.4. The molecule has 0 saturated heterocycles. The van der Waals surface area contributed by atoms with E-state index in [4.69, 9.17) is 0 Å². The summed E-state index contributed by atoms with van der Waals surface area (Å²) >= 11 is 2.58. The molecule has 3 N–H and O–H groups in total.